The molecule has 0 aromatic heterocycles. The van der Waals surface area contributed by atoms with E-state index in [1.165, 1.54) is 0 Å². The summed E-state index contributed by atoms with van der Waals surface area (Å²) in [6.45, 7) is 5.34. The topological polar surface area (TPSA) is 18.5 Å². The van der Waals surface area contributed by atoms with Gasteiger partial charge < -0.3 is 9.47 Å². The maximum Gasteiger partial charge on any atom is 0.176 e. The van der Waals surface area contributed by atoms with E-state index >= 15 is 0 Å². The van der Waals surface area contributed by atoms with Crippen LogP contribution in [0.2, 0.25) is 0 Å². The molecule has 60 valence electrons. The Hall–Kier alpha value is -0.123. The minimum Gasteiger partial charge on any atom is -0.349 e. The number of hydrogen-bond donors (Lipinski definition) is 0. The van der Waals surface area contributed by atoms with Crippen molar-refractivity contribution < 1.29 is 9.47 Å². The van der Waals surface area contributed by atoms with Crippen LogP contribution in [0.4, 0.5) is 0 Å². The summed E-state index contributed by atoms with van der Waals surface area (Å²) in [5, 5.41) is 0. The molecule has 0 bridgehead atoms. The van der Waals surface area contributed by atoms with Crippen LogP contribution in [-0.2, 0) is 9.47 Å². The molecular formula is C7H16O2Si. The van der Waals surface area contributed by atoms with Crippen LogP contribution >= 0.6 is 0 Å². The zero-order chi connectivity index (χ0) is 7.82. The molecule has 0 unspecified atom stereocenters. The smallest absolute Gasteiger partial charge is 0.176 e. The monoisotopic (exact) mass is 160 g/mol. The summed E-state index contributed by atoms with van der Waals surface area (Å²) in [6.07, 6.45) is 1.84. The first-order valence-corrected chi connectivity index (χ1v) is 4.86. The van der Waals surface area contributed by atoms with E-state index in [0.717, 1.165) is 10.2 Å². The van der Waals surface area contributed by atoms with E-state index in [1.54, 1.807) is 0 Å². The fourth-order valence-corrected chi connectivity index (χ4v) is 0.959. The van der Waals surface area contributed by atoms with Gasteiger partial charge in [0.25, 0.3) is 0 Å². The van der Waals surface area contributed by atoms with Crippen molar-refractivity contribution >= 4 is 10.2 Å². The van der Waals surface area contributed by atoms with Gasteiger partial charge in [0.15, 0.2) is 6.29 Å². The molecule has 0 spiro atoms. The van der Waals surface area contributed by atoms with Crippen LogP contribution in [0, 0.1) is 0 Å². The maximum atomic E-state index is 5.24. The Balaban J connectivity index is 3.50. The summed E-state index contributed by atoms with van der Waals surface area (Å²) in [4.78, 5) is 0. The molecule has 0 heterocycles. The third-order valence-electron chi connectivity index (χ3n) is 1.01. The number of rotatable bonds is 5. The Morgan fingerprint density at radius 1 is 1.30 bits per heavy atom. The van der Waals surface area contributed by atoms with E-state index in [2.05, 4.69) is 5.70 Å². The minimum atomic E-state index is -0.118. The summed E-state index contributed by atoms with van der Waals surface area (Å²) in [5.74, 6) is 0. The Morgan fingerprint density at radius 3 is 2.10 bits per heavy atom. The van der Waals surface area contributed by atoms with E-state index < -0.39 is 0 Å². The van der Waals surface area contributed by atoms with Crippen LogP contribution in [0.1, 0.15) is 13.8 Å². The quantitative estimate of drug-likeness (QED) is 0.424. The SMILES string of the molecule is CCOC(/C=C\[SiH3])OCC. The molecule has 2 nitrogen and oxygen atoms in total. The third kappa shape index (κ3) is 4.73. The van der Waals surface area contributed by atoms with Crippen molar-refractivity contribution in [1.29, 1.82) is 0 Å². The standard InChI is InChI=1S/C7H16O2Si/c1-3-8-7(5-6-10)9-4-2/h5-7H,3-4H2,1-2,10H3/b6-5-. The van der Waals surface area contributed by atoms with Crippen LogP contribution in [0.5, 0.6) is 0 Å². The van der Waals surface area contributed by atoms with Crippen LogP contribution < -0.4 is 0 Å². The summed E-state index contributed by atoms with van der Waals surface area (Å²) in [6, 6.07) is 0. The van der Waals surface area contributed by atoms with Crippen LogP contribution in [0.25, 0.3) is 0 Å². The molecule has 0 rings (SSSR count). The first-order valence-electron chi connectivity index (χ1n) is 3.71. The largest absolute Gasteiger partial charge is 0.349 e. The molecule has 0 radical (unpaired) electrons. The average Bonchev–Trinajstić information content (AvgIpc) is 1.90. The highest BCUT2D eigenvalue weighted by atomic mass is 28.1. The maximum absolute atomic E-state index is 5.24. The minimum absolute atomic E-state index is 0.118. The van der Waals surface area contributed by atoms with Gasteiger partial charge in [-0.05, 0) is 19.9 Å². The summed E-state index contributed by atoms with van der Waals surface area (Å²) >= 11 is 0. The molecule has 0 amide bonds. The van der Waals surface area contributed by atoms with Gasteiger partial charge in [0, 0.05) is 23.5 Å². The summed E-state index contributed by atoms with van der Waals surface area (Å²) < 4.78 is 10.5. The van der Waals surface area contributed by atoms with Crippen molar-refractivity contribution in [2.24, 2.45) is 0 Å². The third-order valence-corrected chi connectivity index (χ3v) is 1.40. The molecule has 3 heteroatoms. The predicted molar refractivity (Wildman–Crippen MR) is 46.1 cm³/mol. The lowest BCUT2D eigenvalue weighted by Gasteiger charge is -2.11. The van der Waals surface area contributed by atoms with Gasteiger partial charge in [-0.25, -0.2) is 0 Å². The molecule has 0 aromatic carbocycles. The van der Waals surface area contributed by atoms with Gasteiger partial charge >= 0.3 is 0 Å². The number of ether oxygens (including phenoxy) is 2. The summed E-state index contributed by atoms with van der Waals surface area (Å²) in [5.41, 5.74) is 2.07. The highest BCUT2D eigenvalue weighted by molar-refractivity contribution is 6.16. The Labute approximate surface area is 65.6 Å². The predicted octanol–water partition coefficient (Wildman–Crippen LogP) is 0.265. The van der Waals surface area contributed by atoms with E-state index in [0.29, 0.717) is 13.2 Å². The van der Waals surface area contributed by atoms with Crippen molar-refractivity contribution in [2.75, 3.05) is 13.2 Å². The Morgan fingerprint density at radius 2 is 1.80 bits per heavy atom. The van der Waals surface area contributed by atoms with E-state index in [-0.39, 0.29) is 6.29 Å². The zero-order valence-electron chi connectivity index (χ0n) is 6.96. The van der Waals surface area contributed by atoms with E-state index in [4.69, 9.17) is 9.47 Å². The fourth-order valence-electron chi connectivity index (χ4n) is 0.645. The molecule has 10 heavy (non-hydrogen) atoms. The Bertz CT molecular complexity index is 87.6. The second kappa shape index (κ2) is 6.99. The molecule has 0 aromatic rings. The van der Waals surface area contributed by atoms with Gasteiger partial charge in [-0.1, -0.05) is 0 Å². The van der Waals surface area contributed by atoms with Crippen molar-refractivity contribution in [3.05, 3.63) is 11.8 Å². The molecule has 0 N–H and O–H groups in total. The van der Waals surface area contributed by atoms with Gasteiger partial charge in [0.05, 0.1) is 0 Å². The highest BCUT2D eigenvalue weighted by Crippen LogP contribution is 1.95. The molecular weight excluding hydrogens is 144 g/mol. The normalized spacial score (nSPS) is 11.9. The van der Waals surface area contributed by atoms with Gasteiger partial charge in [-0.2, -0.15) is 0 Å². The Kier molecular flexibility index (Phi) is 6.90. The number of hydrogen-bond acceptors (Lipinski definition) is 2. The highest BCUT2D eigenvalue weighted by Gasteiger charge is 1.99. The van der Waals surface area contributed by atoms with Crippen molar-refractivity contribution in [3.63, 3.8) is 0 Å². The molecule has 0 aliphatic heterocycles. The first kappa shape index (κ1) is 9.88. The molecule has 0 aliphatic carbocycles. The average molecular weight is 160 g/mol. The second-order valence-corrected chi connectivity index (χ2v) is 2.47. The van der Waals surface area contributed by atoms with Crippen molar-refractivity contribution in [1.82, 2.24) is 0 Å². The van der Waals surface area contributed by atoms with E-state index in [9.17, 15) is 0 Å². The van der Waals surface area contributed by atoms with Crippen LogP contribution in [-0.4, -0.2) is 29.7 Å². The van der Waals surface area contributed by atoms with Crippen molar-refractivity contribution in [2.45, 2.75) is 20.1 Å². The van der Waals surface area contributed by atoms with Crippen LogP contribution in [0.3, 0.4) is 0 Å². The lowest BCUT2D eigenvalue weighted by Crippen LogP contribution is -2.13. The molecule has 0 saturated heterocycles. The van der Waals surface area contributed by atoms with Gasteiger partial charge in [0.2, 0.25) is 0 Å². The lowest BCUT2D eigenvalue weighted by atomic mass is 10.6. The van der Waals surface area contributed by atoms with Gasteiger partial charge in [0.1, 0.15) is 0 Å². The molecule has 0 atom stereocenters. The summed E-state index contributed by atoms with van der Waals surface area (Å²) in [7, 11) is 1.06. The van der Waals surface area contributed by atoms with Gasteiger partial charge in [-0.3, -0.25) is 0 Å². The molecule has 0 aliphatic rings. The zero-order valence-corrected chi connectivity index (χ0v) is 8.96. The van der Waals surface area contributed by atoms with Crippen molar-refractivity contribution in [3.8, 4) is 0 Å². The van der Waals surface area contributed by atoms with Crippen LogP contribution in [0.15, 0.2) is 11.8 Å². The lowest BCUT2D eigenvalue weighted by molar-refractivity contribution is -0.103. The van der Waals surface area contributed by atoms with E-state index in [1.807, 2.05) is 19.9 Å². The molecule has 0 saturated carbocycles. The van der Waals surface area contributed by atoms with Gasteiger partial charge in [-0.15, -0.1) is 5.70 Å². The fraction of sp³-hybridized carbons (Fsp3) is 0.714. The molecule has 0 fully saturated rings. The second-order valence-electron chi connectivity index (χ2n) is 1.80. The first-order chi connectivity index (χ1) is 4.85.